The molecular formula is C31H35Cl2N3O3S. The van der Waals surface area contributed by atoms with Crippen molar-refractivity contribution >= 4 is 44.8 Å². The molecule has 9 heteroatoms. The number of rotatable bonds is 8. The highest BCUT2D eigenvalue weighted by atomic mass is 35.5. The number of anilines is 1. The second kappa shape index (κ2) is 11.7. The summed E-state index contributed by atoms with van der Waals surface area (Å²) in [5, 5.41) is 4.26. The fraction of sp³-hybridized carbons (Fsp3) is 0.387. The fourth-order valence-corrected chi connectivity index (χ4v) is 8.22. The normalized spacial score (nSPS) is 18.9. The first-order valence-electron chi connectivity index (χ1n) is 13.7. The smallest absolute Gasteiger partial charge is 0.232 e. The molecule has 5 rings (SSSR count). The van der Waals surface area contributed by atoms with Crippen LogP contribution in [0.4, 0.5) is 5.69 Å². The molecule has 3 aromatic carbocycles. The van der Waals surface area contributed by atoms with E-state index in [1.807, 2.05) is 61.6 Å². The summed E-state index contributed by atoms with van der Waals surface area (Å²) in [4.78, 5) is 15.8. The molecule has 1 saturated heterocycles. The predicted octanol–water partition coefficient (Wildman–Crippen LogP) is 5.99. The van der Waals surface area contributed by atoms with Gasteiger partial charge < -0.3 is 10.2 Å². The van der Waals surface area contributed by atoms with Gasteiger partial charge in [-0.3, -0.25) is 9.10 Å². The lowest BCUT2D eigenvalue weighted by molar-refractivity contribution is -0.132. The van der Waals surface area contributed by atoms with Gasteiger partial charge in [0.15, 0.2) is 0 Å². The van der Waals surface area contributed by atoms with Crippen LogP contribution < -0.4 is 9.62 Å². The van der Waals surface area contributed by atoms with Crippen molar-refractivity contribution in [3.8, 4) is 0 Å². The van der Waals surface area contributed by atoms with E-state index in [4.69, 9.17) is 23.2 Å². The average molecular weight is 601 g/mol. The number of amides is 1. The molecule has 6 nitrogen and oxygen atoms in total. The van der Waals surface area contributed by atoms with Gasteiger partial charge in [0.25, 0.3) is 0 Å². The molecule has 0 bridgehead atoms. The van der Waals surface area contributed by atoms with Gasteiger partial charge in [0.1, 0.15) is 0 Å². The van der Waals surface area contributed by atoms with Gasteiger partial charge in [-0.2, -0.15) is 0 Å². The van der Waals surface area contributed by atoms with Crippen molar-refractivity contribution in [1.82, 2.24) is 10.2 Å². The molecule has 0 saturated carbocycles. The highest BCUT2D eigenvalue weighted by Gasteiger charge is 2.53. The molecule has 1 N–H and O–H groups in total. The minimum Gasteiger partial charge on any atom is -0.341 e. The summed E-state index contributed by atoms with van der Waals surface area (Å²) in [6.07, 6.45) is 3.94. The Morgan fingerprint density at radius 2 is 1.70 bits per heavy atom. The highest BCUT2D eigenvalue weighted by molar-refractivity contribution is 7.92. The maximum Gasteiger partial charge on any atom is 0.232 e. The zero-order valence-corrected chi connectivity index (χ0v) is 25.1. The van der Waals surface area contributed by atoms with E-state index < -0.39 is 15.9 Å². The van der Waals surface area contributed by atoms with Gasteiger partial charge in [-0.1, -0.05) is 77.8 Å². The van der Waals surface area contributed by atoms with Crippen molar-refractivity contribution in [2.24, 2.45) is 0 Å². The maximum absolute atomic E-state index is 14.0. The number of fused-ring (bicyclic) bond motifs is 2. The van der Waals surface area contributed by atoms with Gasteiger partial charge in [0.05, 0.1) is 33.9 Å². The summed E-state index contributed by atoms with van der Waals surface area (Å²) in [5.41, 5.74) is 3.35. The van der Waals surface area contributed by atoms with E-state index >= 15 is 0 Å². The SMILES string of the molecule is CN(Cc1ccccc1)C(=O)[C@@H](CCC1N(S(C)(=O)=O)c2ccccc2C12CCNCC2)c1ccc(Cl)c(Cl)c1. The van der Waals surface area contributed by atoms with Gasteiger partial charge in [0, 0.05) is 19.0 Å². The van der Waals surface area contributed by atoms with Crippen LogP contribution in [0.25, 0.3) is 0 Å². The lowest BCUT2D eigenvalue weighted by atomic mass is 9.68. The molecule has 1 amide bonds. The van der Waals surface area contributed by atoms with Gasteiger partial charge in [-0.25, -0.2) is 8.42 Å². The molecule has 0 aliphatic carbocycles. The van der Waals surface area contributed by atoms with E-state index in [-0.39, 0.29) is 17.4 Å². The number of hydrogen-bond acceptors (Lipinski definition) is 4. The largest absolute Gasteiger partial charge is 0.341 e. The summed E-state index contributed by atoms with van der Waals surface area (Å²) in [6, 6.07) is 22.8. The molecule has 40 heavy (non-hydrogen) atoms. The number of nitrogens with zero attached hydrogens (tertiary/aromatic N) is 2. The standard InChI is InChI=1S/C31H35Cl2N3O3S/c1-35(21-22-8-4-3-5-9-22)30(37)24(23-12-14-26(32)27(33)20-23)13-15-29-31(16-18-34-19-17-31)25-10-6-7-11-28(25)36(29)40(2,38)39/h3-12,14,20,24,29,34H,13,15-19,21H2,1-2H3/t24-,29?/m0/s1. The van der Waals surface area contributed by atoms with E-state index in [9.17, 15) is 13.2 Å². The Morgan fingerprint density at radius 3 is 2.38 bits per heavy atom. The van der Waals surface area contributed by atoms with E-state index in [2.05, 4.69) is 11.4 Å². The minimum atomic E-state index is -3.56. The first kappa shape index (κ1) is 28.9. The van der Waals surface area contributed by atoms with Crippen molar-refractivity contribution in [3.63, 3.8) is 0 Å². The molecule has 0 aromatic heterocycles. The van der Waals surface area contributed by atoms with Crippen LogP contribution in [0, 0.1) is 0 Å². The molecular weight excluding hydrogens is 565 g/mol. The van der Waals surface area contributed by atoms with Crippen molar-refractivity contribution in [3.05, 3.63) is 99.5 Å². The van der Waals surface area contributed by atoms with Crippen LogP contribution >= 0.6 is 23.2 Å². The Labute approximate surface area is 247 Å². The summed E-state index contributed by atoms with van der Waals surface area (Å²) in [5.74, 6) is -0.546. The average Bonchev–Trinajstić information content (AvgIpc) is 3.20. The number of piperidine rings is 1. The third-order valence-corrected chi connectivity index (χ3v) is 10.4. The molecule has 2 aliphatic rings. The van der Waals surface area contributed by atoms with E-state index in [1.54, 1.807) is 21.3 Å². The Morgan fingerprint density at radius 1 is 1.02 bits per heavy atom. The van der Waals surface area contributed by atoms with Crippen molar-refractivity contribution < 1.29 is 13.2 Å². The van der Waals surface area contributed by atoms with E-state index in [1.165, 1.54) is 6.26 Å². The zero-order valence-electron chi connectivity index (χ0n) is 22.8. The Balaban J connectivity index is 1.50. The number of carbonyl (C=O) groups excluding carboxylic acids is 1. The summed E-state index contributed by atoms with van der Waals surface area (Å²) in [6.45, 7) is 2.10. The molecule has 2 aliphatic heterocycles. The van der Waals surface area contributed by atoms with Crippen molar-refractivity contribution in [1.29, 1.82) is 0 Å². The number of halogens is 2. The number of para-hydroxylation sites is 1. The maximum atomic E-state index is 14.0. The molecule has 0 radical (unpaired) electrons. The summed E-state index contributed by atoms with van der Waals surface area (Å²) < 4.78 is 28.2. The zero-order chi connectivity index (χ0) is 28.5. The monoisotopic (exact) mass is 599 g/mol. The number of likely N-dealkylation sites (N-methyl/N-ethyl adjacent to an activating group) is 1. The van der Waals surface area contributed by atoms with Crippen LogP contribution in [0.1, 0.15) is 48.3 Å². The van der Waals surface area contributed by atoms with Crippen LogP contribution in [0.3, 0.4) is 0 Å². The molecule has 212 valence electrons. The topological polar surface area (TPSA) is 69.7 Å². The predicted molar refractivity (Wildman–Crippen MR) is 163 cm³/mol. The third-order valence-electron chi connectivity index (χ3n) is 8.46. The minimum absolute atomic E-state index is 0.0389. The van der Waals surface area contributed by atoms with Crippen LogP contribution in [-0.2, 0) is 26.8 Å². The molecule has 1 spiro atoms. The summed E-state index contributed by atoms with van der Waals surface area (Å²) >= 11 is 12.6. The lowest BCUT2D eigenvalue weighted by Crippen LogP contribution is -2.52. The number of sulfonamides is 1. The van der Waals surface area contributed by atoms with Gasteiger partial charge in [-0.15, -0.1) is 0 Å². The third kappa shape index (κ3) is 5.62. The van der Waals surface area contributed by atoms with Gasteiger partial charge >= 0.3 is 0 Å². The number of carbonyl (C=O) groups is 1. The Bertz CT molecular complexity index is 1480. The van der Waals surface area contributed by atoms with Crippen LogP contribution in [-0.4, -0.2) is 51.7 Å². The number of benzene rings is 3. The van der Waals surface area contributed by atoms with Gasteiger partial charge in [0.2, 0.25) is 15.9 Å². The molecule has 1 fully saturated rings. The Hall–Kier alpha value is -2.58. The van der Waals surface area contributed by atoms with Crippen molar-refractivity contribution in [2.75, 3.05) is 30.7 Å². The molecule has 2 atom stereocenters. The summed E-state index contributed by atoms with van der Waals surface area (Å²) in [7, 11) is -1.76. The second-order valence-electron chi connectivity index (χ2n) is 11.0. The van der Waals surface area contributed by atoms with E-state index in [0.717, 1.165) is 48.3 Å². The number of hydrogen-bond donors (Lipinski definition) is 1. The lowest BCUT2D eigenvalue weighted by Gasteiger charge is -2.42. The van der Waals surface area contributed by atoms with E-state index in [0.29, 0.717) is 29.4 Å². The molecule has 1 unspecified atom stereocenters. The first-order valence-corrected chi connectivity index (χ1v) is 16.3. The highest BCUT2D eigenvalue weighted by Crippen LogP contribution is 2.53. The van der Waals surface area contributed by atoms with Gasteiger partial charge in [-0.05, 0) is 73.7 Å². The molecule has 3 aromatic rings. The fourth-order valence-electron chi connectivity index (χ4n) is 6.63. The van der Waals surface area contributed by atoms with Crippen LogP contribution in [0.15, 0.2) is 72.8 Å². The number of nitrogens with one attached hydrogen (secondary N) is 1. The van der Waals surface area contributed by atoms with Crippen LogP contribution in [0.2, 0.25) is 10.0 Å². The Kier molecular flexibility index (Phi) is 8.48. The second-order valence-corrected chi connectivity index (χ2v) is 13.7. The van der Waals surface area contributed by atoms with Crippen molar-refractivity contribution in [2.45, 2.75) is 49.6 Å². The quantitative estimate of drug-likeness (QED) is 0.345. The van der Waals surface area contributed by atoms with Crippen LogP contribution in [0.5, 0.6) is 0 Å². The molecule has 2 heterocycles. The first-order chi connectivity index (χ1) is 19.1.